The predicted molar refractivity (Wildman–Crippen MR) is 69.6 cm³/mol. The second kappa shape index (κ2) is 5.08. The second-order valence-electron chi connectivity index (χ2n) is 3.40. The van der Waals surface area contributed by atoms with Crippen molar-refractivity contribution in [3.8, 4) is 0 Å². The Balaban J connectivity index is 2.33. The van der Waals surface area contributed by atoms with Gasteiger partial charge in [-0.05, 0) is 30.7 Å². The van der Waals surface area contributed by atoms with Crippen LogP contribution in [0.25, 0.3) is 0 Å². The van der Waals surface area contributed by atoms with Gasteiger partial charge in [0.25, 0.3) is 0 Å². The SMILES string of the molecule is Cc1occc1Sc1cc(Br)ccc1CN. The largest absolute Gasteiger partial charge is 0.468 e. The van der Waals surface area contributed by atoms with Crippen LogP contribution < -0.4 is 5.73 Å². The standard InChI is InChI=1S/C12H12BrNOS/c1-8-11(4-5-15-8)16-12-6-10(13)3-2-9(12)7-14/h2-6H,7,14H2,1H3. The molecule has 2 N–H and O–H groups in total. The molecular weight excluding hydrogens is 286 g/mol. The fourth-order valence-electron chi connectivity index (χ4n) is 1.39. The number of hydrogen-bond acceptors (Lipinski definition) is 3. The van der Waals surface area contributed by atoms with Gasteiger partial charge in [-0.3, -0.25) is 0 Å². The molecule has 0 saturated carbocycles. The van der Waals surface area contributed by atoms with E-state index in [1.807, 2.05) is 25.1 Å². The molecule has 4 heteroatoms. The second-order valence-corrected chi connectivity index (χ2v) is 5.40. The Labute approximate surface area is 107 Å². The van der Waals surface area contributed by atoms with Gasteiger partial charge in [0.2, 0.25) is 0 Å². The van der Waals surface area contributed by atoms with Crippen molar-refractivity contribution in [3.63, 3.8) is 0 Å². The van der Waals surface area contributed by atoms with Gasteiger partial charge in [-0.1, -0.05) is 33.8 Å². The summed E-state index contributed by atoms with van der Waals surface area (Å²) in [5.74, 6) is 0.938. The molecule has 0 unspecified atom stereocenters. The van der Waals surface area contributed by atoms with Crippen LogP contribution in [-0.2, 0) is 6.54 Å². The Morgan fingerprint density at radius 1 is 1.31 bits per heavy atom. The Kier molecular flexibility index (Phi) is 3.74. The summed E-state index contributed by atoms with van der Waals surface area (Å²) in [4.78, 5) is 2.30. The van der Waals surface area contributed by atoms with E-state index in [0.717, 1.165) is 20.7 Å². The molecule has 84 valence electrons. The first-order chi connectivity index (χ1) is 7.70. The third-order valence-electron chi connectivity index (χ3n) is 2.28. The molecule has 0 saturated heterocycles. The van der Waals surface area contributed by atoms with E-state index in [-0.39, 0.29) is 0 Å². The third kappa shape index (κ3) is 2.51. The maximum Gasteiger partial charge on any atom is 0.114 e. The highest BCUT2D eigenvalue weighted by Crippen LogP contribution is 2.34. The van der Waals surface area contributed by atoms with Crippen LogP contribution in [0.1, 0.15) is 11.3 Å². The molecule has 0 aliphatic rings. The van der Waals surface area contributed by atoms with E-state index in [1.165, 1.54) is 4.90 Å². The zero-order valence-corrected chi connectivity index (χ0v) is 11.3. The number of furan rings is 1. The molecule has 1 heterocycles. The van der Waals surface area contributed by atoms with Crippen LogP contribution in [0.15, 0.2) is 49.2 Å². The Hall–Kier alpha value is -0.710. The summed E-state index contributed by atoms with van der Waals surface area (Å²) in [6.07, 6.45) is 1.71. The predicted octanol–water partition coefficient (Wildman–Crippen LogP) is 3.96. The quantitative estimate of drug-likeness (QED) is 0.932. The number of halogens is 1. The molecule has 2 nitrogen and oxygen atoms in total. The van der Waals surface area contributed by atoms with Crippen LogP contribution in [0, 0.1) is 6.92 Å². The van der Waals surface area contributed by atoms with Gasteiger partial charge in [-0.2, -0.15) is 0 Å². The number of aryl methyl sites for hydroxylation is 1. The Bertz CT molecular complexity index is 496. The summed E-state index contributed by atoms with van der Waals surface area (Å²) in [5.41, 5.74) is 6.86. The lowest BCUT2D eigenvalue weighted by Crippen LogP contribution is -1.98. The topological polar surface area (TPSA) is 39.2 Å². The maximum atomic E-state index is 5.72. The highest BCUT2D eigenvalue weighted by molar-refractivity contribution is 9.10. The normalized spacial score (nSPS) is 10.7. The minimum Gasteiger partial charge on any atom is -0.468 e. The molecule has 0 spiro atoms. The zero-order chi connectivity index (χ0) is 11.5. The van der Waals surface area contributed by atoms with E-state index >= 15 is 0 Å². The van der Waals surface area contributed by atoms with Crippen molar-refractivity contribution < 1.29 is 4.42 Å². The highest BCUT2D eigenvalue weighted by Gasteiger charge is 2.07. The van der Waals surface area contributed by atoms with Crippen molar-refractivity contribution in [2.45, 2.75) is 23.3 Å². The first kappa shape index (κ1) is 11.8. The molecule has 0 bridgehead atoms. The van der Waals surface area contributed by atoms with Crippen LogP contribution in [-0.4, -0.2) is 0 Å². The van der Waals surface area contributed by atoms with Gasteiger partial charge < -0.3 is 10.2 Å². The third-order valence-corrected chi connectivity index (χ3v) is 4.02. The summed E-state index contributed by atoms with van der Waals surface area (Å²) < 4.78 is 6.34. The molecular formula is C12H12BrNOS. The highest BCUT2D eigenvalue weighted by atomic mass is 79.9. The van der Waals surface area contributed by atoms with E-state index in [9.17, 15) is 0 Å². The van der Waals surface area contributed by atoms with Crippen molar-refractivity contribution >= 4 is 27.7 Å². The van der Waals surface area contributed by atoms with Crippen LogP contribution in [0.3, 0.4) is 0 Å². The van der Waals surface area contributed by atoms with Crippen LogP contribution in [0.2, 0.25) is 0 Å². The lowest BCUT2D eigenvalue weighted by Gasteiger charge is -2.07. The van der Waals surface area contributed by atoms with E-state index in [2.05, 4.69) is 22.0 Å². The average Bonchev–Trinajstić information content (AvgIpc) is 2.65. The molecule has 16 heavy (non-hydrogen) atoms. The van der Waals surface area contributed by atoms with E-state index < -0.39 is 0 Å². The molecule has 0 aliphatic heterocycles. The lowest BCUT2D eigenvalue weighted by atomic mass is 10.2. The summed E-state index contributed by atoms with van der Waals surface area (Å²) >= 11 is 5.15. The van der Waals surface area contributed by atoms with Crippen LogP contribution in [0.5, 0.6) is 0 Å². The summed E-state index contributed by atoms with van der Waals surface area (Å²) in [6, 6.07) is 8.11. The smallest absolute Gasteiger partial charge is 0.114 e. The molecule has 2 aromatic rings. The van der Waals surface area contributed by atoms with Crippen molar-refractivity contribution in [2.24, 2.45) is 5.73 Å². The lowest BCUT2D eigenvalue weighted by molar-refractivity contribution is 0.527. The fourth-order valence-corrected chi connectivity index (χ4v) is 2.92. The Morgan fingerprint density at radius 2 is 2.12 bits per heavy atom. The molecule has 1 aromatic carbocycles. The number of nitrogens with two attached hydrogens (primary N) is 1. The summed E-state index contributed by atoms with van der Waals surface area (Å²) in [6.45, 7) is 2.51. The molecule has 0 radical (unpaired) electrons. The minimum atomic E-state index is 0.548. The van der Waals surface area contributed by atoms with Crippen LogP contribution in [0.4, 0.5) is 0 Å². The molecule has 1 aromatic heterocycles. The number of benzene rings is 1. The molecule has 0 fully saturated rings. The first-order valence-electron chi connectivity index (χ1n) is 4.91. The van der Waals surface area contributed by atoms with Gasteiger partial charge in [-0.15, -0.1) is 0 Å². The Morgan fingerprint density at radius 3 is 2.75 bits per heavy atom. The summed E-state index contributed by atoms with van der Waals surface area (Å²) in [5, 5.41) is 0. The monoisotopic (exact) mass is 297 g/mol. The first-order valence-corrected chi connectivity index (χ1v) is 6.52. The van der Waals surface area contributed by atoms with E-state index in [0.29, 0.717) is 6.54 Å². The van der Waals surface area contributed by atoms with Gasteiger partial charge in [0.15, 0.2) is 0 Å². The van der Waals surface area contributed by atoms with Gasteiger partial charge in [0.1, 0.15) is 5.76 Å². The number of hydrogen-bond donors (Lipinski definition) is 1. The molecule has 0 atom stereocenters. The fraction of sp³-hybridized carbons (Fsp3) is 0.167. The van der Waals surface area contributed by atoms with Crippen molar-refractivity contribution in [1.29, 1.82) is 0 Å². The molecule has 2 rings (SSSR count). The van der Waals surface area contributed by atoms with E-state index in [1.54, 1.807) is 18.0 Å². The van der Waals surface area contributed by atoms with Crippen LogP contribution >= 0.6 is 27.7 Å². The zero-order valence-electron chi connectivity index (χ0n) is 8.87. The number of rotatable bonds is 3. The van der Waals surface area contributed by atoms with Gasteiger partial charge in [-0.25, -0.2) is 0 Å². The molecule has 0 aliphatic carbocycles. The maximum absolute atomic E-state index is 5.72. The van der Waals surface area contributed by atoms with Crippen molar-refractivity contribution in [2.75, 3.05) is 0 Å². The van der Waals surface area contributed by atoms with Gasteiger partial charge >= 0.3 is 0 Å². The van der Waals surface area contributed by atoms with Gasteiger partial charge in [0.05, 0.1) is 11.2 Å². The van der Waals surface area contributed by atoms with E-state index in [4.69, 9.17) is 10.2 Å². The van der Waals surface area contributed by atoms with Crippen molar-refractivity contribution in [3.05, 3.63) is 46.3 Å². The summed E-state index contributed by atoms with van der Waals surface area (Å²) in [7, 11) is 0. The van der Waals surface area contributed by atoms with Gasteiger partial charge in [0, 0.05) is 15.9 Å². The average molecular weight is 298 g/mol. The van der Waals surface area contributed by atoms with Crippen molar-refractivity contribution in [1.82, 2.24) is 0 Å². The molecule has 0 amide bonds. The minimum absolute atomic E-state index is 0.548.